The summed E-state index contributed by atoms with van der Waals surface area (Å²) in [6.07, 6.45) is -0.402. The molecule has 11 heteroatoms. The lowest BCUT2D eigenvalue weighted by Crippen LogP contribution is -2.33. The van der Waals surface area contributed by atoms with Gasteiger partial charge in [-0.1, -0.05) is 0 Å². The topological polar surface area (TPSA) is 172 Å². The van der Waals surface area contributed by atoms with Crippen molar-refractivity contribution in [1.82, 2.24) is 19.5 Å². The van der Waals surface area contributed by atoms with Gasteiger partial charge >= 0.3 is 0 Å². The lowest BCUT2D eigenvalue weighted by atomic mass is 10.1. The molecule has 0 bridgehead atoms. The smallest absolute Gasteiger partial charge is 0.224 e. The maximum Gasteiger partial charge on any atom is 0.224 e. The molecule has 26 heavy (non-hydrogen) atoms. The third kappa shape index (κ3) is 3.57. The molecule has 3 rings (SSSR count). The minimum Gasteiger partial charge on any atom is -0.396 e. The minimum absolute atomic E-state index is 0.0313. The Hall–Kier alpha value is -2.05. The van der Waals surface area contributed by atoms with Crippen LogP contribution in [0.4, 0.5) is 11.8 Å². The van der Waals surface area contributed by atoms with Crippen LogP contribution in [0.15, 0.2) is 6.33 Å². The van der Waals surface area contributed by atoms with Crippen molar-refractivity contribution in [2.24, 2.45) is 0 Å². The van der Waals surface area contributed by atoms with E-state index in [1.54, 1.807) is 0 Å². The lowest BCUT2D eigenvalue weighted by molar-refractivity contribution is -0.0511. The molecule has 144 valence electrons. The summed E-state index contributed by atoms with van der Waals surface area (Å²) in [5.74, 6) is 0.492. The summed E-state index contributed by atoms with van der Waals surface area (Å²) in [6, 6.07) is 0. The van der Waals surface area contributed by atoms with Gasteiger partial charge in [-0.2, -0.15) is 9.97 Å². The van der Waals surface area contributed by atoms with Crippen LogP contribution in [0.2, 0.25) is 0 Å². The third-order valence-corrected chi connectivity index (χ3v) is 4.36. The summed E-state index contributed by atoms with van der Waals surface area (Å²) in [5, 5.41) is 41.3. The Morgan fingerprint density at radius 3 is 2.65 bits per heavy atom. The van der Waals surface area contributed by atoms with Crippen LogP contribution in [-0.2, 0) is 4.74 Å². The molecule has 1 unspecified atom stereocenters. The molecule has 2 aromatic rings. The molecule has 0 saturated carbocycles. The number of ether oxygens (including phenoxy) is 1. The average Bonchev–Trinajstić information content (AvgIpc) is 3.16. The molecule has 3 heterocycles. The van der Waals surface area contributed by atoms with Crippen molar-refractivity contribution in [2.75, 3.05) is 30.8 Å². The van der Waals surface area contributed by atoms with Crippen LogP contribution in [0.1, 0.15) is 25.5 Å². The summed E-state index contributed by atoms with van der Waals surface area (Å²) in [7, 11) is 0. The second-order valence-corrected chi connectivity index (χ2v) is 6.19. The van der Waals surface area contributed by atoms with E-state index in [1.165, 1.54) is 10.9 Å². The van der Waals surface area contributed by atoms with Gasteiger partial charge in [-0.05, 0) is 19.3 Å². The van der Waals surface area contributed by atoms with Gasteiger partial charge in [0.2, 0.25) is 5.95 Å². The Balaban J connectivity index is 1.83. The van der Waals surface area contributed by atoms with Crippen LogP contribution in [0, 0.1) is 0 Å². The molecule has 0 aliphatic carbocycles. The fourth-order valence-corrected chi connectivity index (χ4v) is 2.97. The average molecular weight is 368 g/mol. The molecule has 0 amide bonds. The summed E-state index contributed by atoms with van der Waals surface area (Å²) in [6.45, 7) is 0.380. The molecule has 0 radical (unpaired) electrons. The first-order valence-electron chi connectivity index (χ1n) is 8.54. The molecule has 2 aromatic heterocycles. The predicted octanol–water partition coefficient (Wildman–Crippen LogP) is -1.41. The summed E-state index contributed by atoms with van der Waals surface area (Å²) < 4.78 is 6.99. The van der Waals surface area contributed by atoms with E-state index in [4.69, 9.17) is 15.6 Å². The number of nitrogens with one attached hydrogen (secondary N) is 1. The number of fused-ring (bicyclic) bond motifs is 1. The molecular weight excluding hydrogens is 344 g/mol. The Labute approximate surface area is 149 Å². The molecule has 4 atom stereocenters. The first-order valence-corrected chi connectivity index (χ1v) is 8.54. The van der Waals surface area contributed by atoms with Gasteiger partial charge in [0, 0.05) is 13.2 Å². The maximum atomic E-state index is 10.2. The van der Waals surface area contributed by atoms with Crippen molar-refractivity contribution in [3.8, 4) is 0 Å². The lowest BCUT2D eigenvalue weighted by Gasteiger charge is -2.16. The van der Waals surface area contributed by atoms with Gasteiger partial charge < -0.3 is 36.2 Å². The first-order chi connectivity index (χ1) is 12.6. The zero-order valence-electron chi connectivity index (χ0n) is 14.2. The van der Waals surface area contributed by atoms with Crippen molar-refractivity contribution < 1.29 is 25.2 Å². The zero-order valence-corrected chi connectivity index (χ0v) is 14.2. The Kier molecular flexibility index (Phi) is 5.84. The quantitative estimate of drug-likeness (QED) is 0.304. The molecule has 1 aliphatic rings. The Morgan fingerprint density at radius 1 is 1.15 bits per heavy atom. The van der Waals surface area contributed by atoms with E-state index >= 15 is 0 Å². The first kappa shape index (κ1) is 18.7. The van der Waals surface area contributed by atoms with Crippen LogP contribution >= 0.6 is 0 Å². The van der Waals surface area contributed by atoms with Crippen molar-refractivity contribution in [2.45, 2.75) is 43.8 Å². The molecule has 7 N–H and O–H groups in total. The summed E-state index contributed by atoms with van der Waals surface area (Å²) in [5.41, 5.74) is 6.60. The number of rotatable bonds is 8. The van der Waals surface area contributed by atoms with E-state index in [-0.39, 0.29) is 12.6 Å². The highest BCUT2D eigenvalue weighted by atomic mass is 16.6. The molecule has 1 fully saturated rings. The zero-order chi connectivity index (χ0) is 18.7. The molecule has 11 nitrogen and oxygen atoms in total. The van der Waals surface area contributed by atoms with Gasteiger partial charge in [-0.3, -0.25) is 4.57 Å². The van der Waals surface area contributed by atoms with E-state index in [0.717, 1.165) is 19.3 Å². The second-order valence-electron chi connectivity index (χ2n) is 6.19. The van der Waals surface area contributed by atoms with Gasteiger partial charge in [0.15, 0.2) is 23.2 Å². The number of aliphatic hydroxyl groups is 4. The predicted molar refractivity (Wildman–Crippen MR) is 92.2 cm³/mol. The highest BCUT2D eigenvalue weighted by Crippen LogP contribution is 2.32. The van der Waals surface area contributed by atoms with E-state index in [0.29, 0.717) is 23.5 Å². The molecule has 0 spiro atoms. The van der Waals surface area contributed by atoms with Gasteiger partial charge in [0.05, 0.1) is 12.9 Å². The SMILES string of the molecule is Nc1nc(NCCCCCO)c2ncn(C3O[C@H](CO)[C@@H](O)[C@H]3O)c2n1. The number of anilines is 2. The molecule has 1 saturated heterocycles. The van der Waals surface area contributed by atoms with Crippen molar-refractivity contribution in [3.05, 3.63) is 6.33 Å². The highest BCUT2D eigenvalue weighted by Gasteiger charge is 2.44. The van der Waals surface area contributed by atoms with Crippen LogP contribution in [0.25, 0.3) is 11.2 Å². The number of unbranched alkanes of at least 4 members (excludes halogenated alkanes) is 2. The summed E-state index contributed by atoms with van der Waals surface area (Å²) in [4.78, 5) is 12.6. The van der Waals surface area contributed by atoms with E-state index in [1.807, 2.05) is 0 Å². The fourth-order valence-electron chi connectivity index (χ4n) is 2.97. The highest BCUT2D eigenvalue weighted by molar-refractivity contribution is 5.84. The number of imidazole rings is 1. The van der Waals surface area contributed by atoms with Crippen LogP contribution in [-0.4, -0.2) is 78.0 Å². The molecule has 0 aromatic carbocycles. The standard InChI is InChI=1S/C15H24N6O5/c16-15-19-12(17-4-2-1-3-5-22)9-13(20-15)21(7-18-9)14-11(25)10(24)8(6-23)26-14/h7-8,10-11,14,22-25H,1-6H2,(H3,16,17,19,20)/t8-,10-,11-,14?/m1/s1. The number of nitrogens with zero attached hydrogens (tertiary/aromatic N) is 4. The molecule has 1 aliphatic heterocycles. The number of aromatic nitrogens is 4. The van der Waals surface area contributed by atoms with Gasteiger partial charge in [-0.25, -0.2) is 4.98 Å². The van der Waals surface area contributed by atoms with Gasteiger partial charge in [0.1, 0.15) is 18.3 Å². The monoisotopic (exact) mass is 368 g/mol. The van der Waals surface area contributed by atoms with Gasteiger partial charge in [-0.15, -0.1) is 0 Å². The number of nitrogens with two attached hydrogens (primary N) is 1. The summed E-state index contributed by atoms with van der Waals surface area (Å²) >= 11 is 0. The number of nitrogen functional groups attached to an aromatic ring is 1. The van der Waals surface area contributed by atoms with Crippen LogP contribution < -0.4 is 11.1 Å². The number of aliphatic hydroxyl groups excluding tert-OH is 4. The van der Waals surface area contributed by atoms with E-state index < -0.39 is 31.1 Å². The van der Waals surface area contributed by atoms with Crippen molar-refractivity contribution >= 4 is 22.9 Å². The number of hydrogen-bond acceptors (Lipinski definition) is 10. The van der Waals surface area contributed by atoms with Crippen molar-refractivity contribution in [3.63, 3.8) is 0 Å². The van der Waals surface area contributed by atoms with Crippen LogP contribution in [0.5, 0.6) is 0 Å². The van der Waals surface area contributed by atoms with Crippen molar-refractivity contribution in [1.29, 1.82) is 0 Å². The maximum absolute atomic E-state index is 10.2. The Bertz CT molecular complexity index is 741. The Morgan fingerprint density at radius 2 is 1.96 bits per heavy atom. The number of hydrogen-bond donors (Lipinski definition) is 6. The second kappa shape index (κ2) is 8.10. The van der Waals surface area contributed by atoms with Crippen LogP contribution in [0.3, 0.4) is 0 Å². The normalized spacial score (nSPS) is 25.8. The third-order valence-electron chi connectivity index (χ3n) is 4.36. The molecular formula is C15H24N6O5. The minimum atomic E-state index is -1.24. The van der Waals surface area contributed by atoms with E-state index in [9.17, 15) is 15.3 Å². The largest absolute Gasteiger partial charge is 0.396 e. The van der Waals surface area contributed by atoms with E-state index in [2.05, 4.69) is 20.3 Å². The van der Waals surface area contributed by atoms with Gasteiger partial charge in [0.25, 0.3) is 0 Å². The fraction of sp³-hybridized carbons (Fsp3) is 0.667.